The van der Waals surface area contributed by atoms with Crippen LogP contribution in [0.4, 0.5) is 0 Å². The number of nitrogens with one attached hydrogen (secondary N) is 1. The molecule has 0 bridgehead atoms. The van der Waals surface area contributed by atoms with Crippen LogP contribution in [0.15, 0.2) is 15.8 Å². The summed E-state index contributed by atoms with van der Waals surface area (Å²) in [6, 6.07) is 0. The molecule has 190 valence electrons. The molecule has 0 spiro atoms. The smallest absolute Gasteiger partial charge is 0.349 e. The Morgan fingerprint density at radius 2 is 1.70 bits per heavy atom. The molecule has 0 saturated carbocycles. The first-order chi connectivity index (χ1) is 15.5. The minimum atomic E-state index is -4.49. The Hall–Kier alpha value is -1.14. The lowest BCUT2D eigenvalue weighted by atomic mass is 10.2. The van der Waals surface area contributed by atoms with Crippen LogP contribution >= 0.6 is 15.6 Å². The van der Waals surface area contributed by atoms with Gasteiger partial charge in [-0.2, -0.15) is 0 Å². The second kappa shape index (κ2) is 12.5. The van der Waals surface area contributed by atoms with Gasteiger partial charge in [0, 0.05) is 18.2 Å². The Morgan fingerprint density at radius 3 is 2.30 bits per heavy atom. The van der Waals surface area contributed by atoms with E-state index < -0.39 is 51.9 Å². The minimum absolute atomic E-state index is 0.00185. The summed E-state index contributed by atoms with van der Waals surface area (Å²) in [7, 11) is -8.89. The highest BCUT2D eigenvalue weighted by atomic mass is 31.2. The number of aryl methyl sites for hydroxylation is 1. The van der Waals surface area contributed by atoms with Gasteiger partial charge in [0.25, 0.3) is 5.56 Å². The molecule has 1 fully saturated rings. The van der Waals surface area contributed by atoms with E-state index in [4.69, 9.17) is 22.8 Å². The summed E-state index contributed by atoms with van der Waals surface area (Å²) in [4.78, 5) is 45.9. The van der Waals surface area contributed by atoms with E-state index in [-0.39, 0.29) is 25.2 Å². The maximum absolute atomic E-state index is 12.3. The van der Waals surface area contributed by atoms with E-state index in [1.165, 1.54) is 13.1 Å². The molecule has 1 aliphatic rings. The Kier molecular flexibility index (Phi) is 10.7. The number of aromatic amines is 1. The number of hydrogen-bond donors (Lipinski definition) is 3. The van der Waals surface area contributed by atoms with Crippen molar-refractivity contribution in [3.63, 3.8) is 0 Å². The average molecular weight is 514 g/mol. The number of hydrogen-bond acceptors (Lipinski definition) is 9. The topological polar surface area (TPSA) is 176 Å². The number of phosphoric ester groups is 2. The fraction of sp³-hybridized carbons (Fsp3) is 0.778. The van der Waals surface area contributed by atoms with Crippen molar-refractivity contribution >= 4 is 15.6 Å². The maximum Gasteiger partial charge on any atom is 0.472 e. The second-order valence-corrected chi connectivity index (χ2v) is 10.5. The van der Waals surface area contributed by atoms with Gasteiger partial charge in [-0.3, -0.25) is 32.4 Å². The molecule has 1 aliphatic heterocycles. The van der Waals surface area contributed by atoms with Crippen LogP contribution < -0.4 is 11.2 Å². The van der Waals surface area contributed by atoms with Gasteiger partial charge in [-0.15, -0.1) is 0 Å². The standard InChI is InChI=1S/C18H32N2O11P2/c1-4-6-8-27-32(23,24)29-12-15-14(31-33(25,26)28-9-7-5-2)10-16(30-15)20-11-13(3)17(21)19-18(20)22/h11,14-16H,4-10,12H2,1-3H3,(H,23,24)(H,25,26)(H,19,21,22)/t14-,15+,16+/m0/s1. The van der Waals surface area contributed by atoms with Gasteiger partial charge in [0.05, 0.1) is 19.8 Å². The third-order valence-electron chi connectivity index (χ3n) is 4.81. The van der Waals surface area contributed by atoms with Crippen LogP contribution in [0.3, 0.4) is 0 Å². The highest BCUT2D eigenvalue weighted by Crippen LogP contribution is 2.49. The van der Waals surface area contributed by atoms with Crippen molar-refractivity contribution in [2.75, 3.05) is 19.8 Å². The SMILES string of the molecule is CCCCOP(=O)(O)OC[C@H]1O[C@@H](n2cc(C)c(=O)[nH]c2=O)C[C@@H]1OP(=O)(O)OCCCC. The fourth-order valence-corrected chi connectivity index (χ4v) is 4.74. The Labute approximate surface area is 191 Å². The number of phosphoric acid groups is 2. The molecule has 2 rings (SSSR count). The van der Waals surface area contributed by atoms with Crippen LogP contribution in [0.1, 0.15) is 57.7 Å². The summed E-state index contributed by atoms with van der Waals surface area (Å²) in [5.74, 6) is 0. The van der Waals surface area contributed by atoms with Crippen LogP contribution in [-0.4, -0.2) is 51.4 Å². The highest BCUT2D eigenvalue weighted by molar-refractivity contribution is 7.47. The van der Waals surface area contributed by atoms with Crippen molar-refractivity contribution in [3.8, 4) is 0 Å². The van der Waals surface area contributed by atoms with Gasteiger partial charge in [0.2, 0.25) is 0 Å². The normalized spacial score (nSPS) is 24.5. The largest absolute Gasteiger partial charge is 0.472 e. The molecular formula is C18H32N2O11P2. The predicted octanol–water partition coefficient (Wildman–Crippen LogP) is 2.37. The van der Waals surface area contributed by atoms with Crippen molar-refractivity contribution in [2.24, 2.45) is 0 Å². The first kappa shape index (κ1) is 28.1. The van der Waals surface area contributed by atoms with Gasteiger partial charge in [-0.05, 0) is 19.8 Å². The average Bonchev–Trinajstić information content (AvgIpc) is 3.11. The molecule has 0 aromatic carbocycles. The lowest BCUT2D eigenvalue weighted by molar-refractivity contribution is -0.0469. The lowest BCUT2D eigenvalue weighted by Crippen LogP contribution is -2.33. The number of unbranched alkanes of at least 4 members (excludes halogenated alkanes) is 2. The predicted molar refractivity (Wildman–Crippen MR) is 117 cm³/mol. The van der Waals surface area contributed by atoms with E-state index in [0.29, 0.717) is 12.8 Å². The number of nitrogens with zero attached hydrogens (tertiary/aromatic N) is 1. The molecule has 1 saturated heterocycles. The van der Waals surface area contributed by atoms with E-state index in [2.05, 4.69) is 4.98 Å². The van der Waals surface area contributed by atoms with Crippen LogP contribution in [0.2, 0.25) is 0 Å². The molecule has 0 amide bonds. The first-order valence-corrected chi connectivity index (χ1v) is 13.7. The summed E-state index contributed by atoms with van der Waals surface area (Å²) < 4.78 is 51.3. The first-order valence-electron chi connectivity index (χ1n) is 10.7. The van der Waals surface area contributed by atoms with Gasteiger partial charge in [-0.25, -0.2) is 13.9 Å². The minimum Gasteiger partial charge on any atom is -0.349 e. The number of aromatic nitrogens is 2. The van der Waals surface area contributed by atoms with Gasteiger partial charge in [0.1, 0.15) is 18.4 Å². The lowest BCUT2D eigenvalue weighted by Gasteiger charge is -2.22. The van der Waals surface area contributed by atoms with Gasteiger partial charge < -0.3 is 14.5 Å². The molecule has 0 radical (unpaired) electrons. The molecule has 1 aromatic heterocycles. The maximum atomic E-state index is 12.3. The third kappa shape index (κ3) is 8.86. The molecule has 2 heterocycles. The molecule has 15 heteroatoms. The van der Waals surface area contributed by atoms with Crippen LogP contribution in [0.5, 0.6) is 0 Å². The monoisotopic (exact) mass is 514 g/mol. The Morgan fingerprint density at radius 1 is 1.09 bits per heavy atom. The van der Waals surface area contributed by atoms with Gasteiger partial charge in [0.15, 0.2) is 0 Å². The van der Waals surface area contributed by atoms with Crippen LogP contribution in [0.25, 0.3) is 0 Å². The van der Waals surface area contributed by atoms with Gasteiger partial charge >= 0.3 is 21.3 Å². The summed E-state index contributed by atoms with van der Waals surface area (Å²) in [6.07, 6.45) is 0.547. The van der Waals surface area contributed by atoms with Crippen LogP contribution in [0, 0.1) is 6.92 Å². The zero-order valence-electron chi connectivity index (χ0n) is 18.9. The summed E-state index contributed by atoms with van der Waals surface area (Å²) in [5, 5.41) is 0. The van der Waals surface area contributed by atoms with E-state index >= 15 is 0 Å². The summed E-state index contributed by atoms with van der Waals surface area (Å²) in [5.41, 5.74) is -1.06. The third-order valence-corrected chi connectivity index (χ3v) is 6.84. The van der Waals surface area contributed by atoms with Crippen molar-refractivity contribution in [2.45, 2.75) is 71.3 Å². The molecule has 13 nitrogen and oxygen atoms in total. The molecule has 0 aliphatic carbocycles. The second-order valence-electron chi connectivity index (χ2n) is 7.59. The van der Waals surface area contributed by atoms with Crippen LogP contribution in [-0.2, 0) is 32.0 Å². The molecule has 33 heavy (non-hydrogen) atoms. The molecule has 1 aromatic rings. The number of H-pyrrole nitrogens is 1. The molecular weight excluding hydrogens is 482 g/mol. The van der Waals surface area contributed by atoms with E-state index in [1.807, 2.05) is 13.8 Å². The van der Waals surface area contributed by atoms with E-state index in [0.717, 1.165) is 17.4 Å². The summed E-state index contributed by atoms with van der Waals surface area (Å²) >= 11 is 0. The van der Waals surface area contributed by atoms with Crippen molar-refractivity contribution < 1.29 is 41.7 Å². The van der Waals surface area contributed by atoms with E-state index in [9.17, 15) is 28.5 Å². The summed E-state index contributed by atoms with van der Waals surface area (Å²) in [6.45, 7) is 4.76. The molecule has 5 atom stereocenters. The van der Waals surface area contributed by atoms with Crippen molar-refractivity contribution in [1.29, 1.82) is 0 Å². The zero-order valence-corrected chi connectivity index (χ0v) is 20.7. The van der Waals surface area contributed by atoms with E-state index in [1.54, 1.807) is 0 Å². The Balaban J connectivity index is 2.17. The quantitative estimate of drug-likeness (QED) is 0.245. The molecule has 2 unspecified atom stereocenters. The number of rotatable bonds is 14. The fourth-order valence-electron chi connectivity index (χ4n) is 2.99. The van der Waals surface area contributed by atoms with Crippen molar-refractivity contribution in [3.05, 3.63) is 32.6 Å². The van der Waals surface area contributed by atoms with Gasteiger partial charge in [-0.1, -0.05) is 26.7 Å². The molecule has 3 N–H and O–H groups in total. The van der Waals surface area contributed by atoms with Crippen molar-refractivity contribution in [1.82, 2.24) is 9.55 Å². The highest BCUT2D eigenvalue weighted by Gasteiger charge is 2.43. The zero-order chi connectivity index (χ0) is 24.6. The Bertz CT molecular complexity index is 979. The number of ether oxygens (including phenoxy) is 1.